The summed E-state index contributed by atoms with van der Waals surface area (Å²) in [7, 11) is 3.43. The number of aromatic carboxylic acids is 1. The van der Waals surface area contributed by atoms with Crippen LogP contribution in [0.2, 0.25) is 0 Å². The molecule has 2 N–H and O–H groups in total. The van der Waals surface area contributed by atoms with Gasteiger partial charge in [-0.3, -0.25) is 4.79 Å². The fourth-order valence-corrected chi connectivity index (χ4v) is 3.87. The lowest BCUT2D eigenvalue weighted by Crippen LogP contribution is -2.50. The summed E-state index contributed by atoms with van der Waals surface area (Å²) in [6.07, 6.45) is 0. The Morgan fingerprint density at radius 3 is 2.28 bits per heavy atom. The van der Waals surface area contributed by atoms with Crippen molar-refractivity contribution in [1.29, 1.82) is 0 Å². The van der Waals surface area contributed by atoms with E-state index in [1.54, 1.807) is 43.3 Å². The Hall–Kier alpha value is -4.00. The van der Waals surface area contributed by atoms with Gasteiger partial charge < -0.3 is 25.0 Å². The summed E-state index contributed by atoms with van der Waals surface area (Å²) in [5, 5.41) is 12.4. The maximum atomic E-state index is 12.9. The largest absolute Gasteiger partial charge is 0.497 e. The number of anilines is 4. The van der Waals surface area contributed by atoms with Crippen molar-refractivity contribution >= 4 is 34.6 Å². The smallest absolute Gasteiger partial charge is 0.335 e. The minimum absolute atomic E-state index is 0.0379. The van der Waals surface area contributed by atoms with E-state index in [-0.39, 0.29) is 17.5 Å². The first kappa shape index (κ1) is 21.2. The number of ether oxygens (including phenoxy) is 1. The first-order chi connectivity index (χ1) is 15.4. The van der Waals surface area contributed by atoms with E-state index in [1.165, 1.54) is 0 Å². The van der Waals surface area contributed by atoms with Gasteiger partial charge in [-0.25, -0.2) is 4.79 Å². The van der Waals surface area contributed by atoms with Gasteiger partial charge in [-0.2, -0.15) is 0 Å². The Labute approximate surface area is 186 Å². The van der Waals surface area contributed by atoms with Crippen LogP contribution in [-0.4, -0.2) is 37.2 Å². The van der Waals surface area contributed by atoms with Gasteiger partial charge in [-0.15, -0.1) is 0 Å². The number of carbonyl (C=O) groups is 2. The molecule has 32 heavy (non-hydrogen) atoms. The van der Waals surface area contributed by atoms with Gasteiger partial charge in [0.15, 0.2) is 0 Å². The number of amides is 1. The predicted molar refractivity (Wildman–Crippen MR) is 125 cm³/mol. The number of methoxy groups -OCH3 is 1. The summed E-state index contributed by atoms with van der Waals surface area (Å²) in [6, 6.07) is 20.0. The summed E-state index contributed by atoms with van der Waals surface area (Å²) in [5.74, 6) is -0.130. The fourth-order valence-electron chi connectivity index (χ4n) is 3.87. The molecule has 0 bridgehead atoms. The highest BCUT2D eigenvalue weighted by Gasteiger charge is 2.33. The highest BCUT2D eigenvalue weighted by molar-refractivity contribution is 6.05. The zero-order valence-corrected chi connectivity index (χ0v) is 18.2. The maximum Gasteiger partial charge on any atom is 0.335 e. The summed E-state index contributed by atoms with van der Waals surface area (Å²) in [5.41, 5.74) is 4.73. The number of carbonyl (C=O) groups excluding carboxylic acids is 1. The molecule has 7 heteroatoms. The van der Waals surface area contributed by atoms with Crippen LogP contribution in [0.15, 0.2) is 66.7 Å². The zero-order valence-electron chi connectivity index (χ0n) is 18.2. The molecule has 1 amide bonds. The molecule has 1 aliphatic heterocycles. The quantitative estimate of drug-likeness (QED) is 0.598. The van der Waals surface area contributed by atoms with Crippen LogP contribution in [0.4, 0.5) is 22.7 Å². The monoisotopic (exact) mass is 431 g/mol. The molecule has 0 aliphatic carbocycles. The maximum absolute atomic E-state index is 12.9. The third-order valence-corrected chi connectivity index (χ3v) is 5.73. The zero-order chi connectivity index (χ0) is 22.8. The molecule has 0 aromatic heterocycles. The van der Waals surface area contributed by atoms with Gasteiger partial charge >= 0.3 is 5.97 Å². The summed E-state index contributed by atoms with van der Waals surface area (Å²) in [6.45, 7) is 2.49. The number of fused-ring (bicyclic) bond motifs is 1. The molecule has 0 unspecified atom stereocenters. The van der Waals surface area contributed by atoms with Gasteiger partial charge in [0.05, 0.1) is 24.0 Å². The van der Waals surface area contributed by atoms with E-state index in [0.717, 1.165) is 34.1 Å². The number of nitrogens with one attached hydrogen (secondary N) is 1. The normalized spacial score (nSPS) is 15.3. The van der Waals surface area contributed by atoms with Crippen LogP contribution in [0, 0.1) is 0 Å². The highest BCUT2D eigenvalue weighted by atomic mass is 16.5. The van der Waals surface area contributed by atoms with Crippen LogP contribution in [0.25, 0.3) is 0 Å². The summed E-state index contributed by atoms with van der Waals surface area (Å²) in [4.78, 5) is 27.7. The second kappa shape index (κ2) is 8.63. The van der Waals surface area contributed by atoms with Crippen LogP contribution in [0.3, 0.4) is 0 Å². The van der Waals surface area contributed by atoms with Crippen LogP contribution >= 0.6 is 0 Å². The molecule has 3 aromatic carbocycles. The SMILES string of the molecule is COc1ccc(CN2c3cc(Nc4ccc(C(=O)O)cc4)ccc3N(C)C(=O)[C@H]2C)cc1. The second-order valence-corrected chi connectivity index (χ2v) is 7.76. The molecule has 1 aliphatic rings. The van der Waals surface area contributed by atoms with Crippen molar-refractivity contribution in [3.8, 4) is 5.75 Å². The van der Waals surface area contributed by atoms with Crippen molar-refractivity contribution in [2.24, 2.45) is 0 Å². The molecular formula is C25H25N3O4. The van der Waals surface area contributed by atoms with Crippen LogP contribution in [0.5, 0.6) is 5.75 Å². The number of carboxylic acid groups (broad SMARTS) is 1. The fraction of sp³-hybridized carbons (Fsp3) is 0.200. The summed E-state index contributed by atoms with van der Waals surface area (Å²) >= 11 is 0. The Morgan fingerprint density at radius 1 is 1.00 bits per heavy atom. The van der Waals surface area contributed by atoms with E-state index >= 15 is 0 Å². The number of rotatable bonds is 6. The molecule has 4 rings (SSSR count). The number of likely N-dealkylation sites (N-methyl/N-ethyl adjacent to an activating group) is 1. The van der Waals surface area contributed by atoms with Gasteiger partial charge in [-0.1, -0.05) is 12.1 Å². The average molecular weight is 431 g/mol. The van der Waals surface area contributed by atoms with Gasteiger partial charge in [0.1, 0.15) is 11.8 Å². The van der Waals surface area contributed by atoms with Crippen LogP contribution < -0.4 is 19.9 Å². The lowest BCUT2D eigenvalue weighted by Gasteiger charge is -2.40. The van der Waals surface area contributed by atoms with Gasteiger partial charge in [0.2, 0.25) is 5.91 Å². The first-order valence-corrected chi connectivity index (χ1v) is 10.3. The van der Waals surface area contributed by atoms with E-state index < -0.39 is 5.97 Å². The topological polar surface area (TPSA) is 82.1 Å². The van der Waals surface area contributed by atoms with Gasteiger partial charge in [-0.05, 0) is 67.1 Å². The number of carboxylic acids is 1. The molecule has 0 saturated heterocycles. The molecule has 7 nitrogen and oxygen atoms in total. The van der Waals surface area contributed by atoms with Crippen molar-refractivity contribution in [3.05, 3.63) is 77.9 Å². The van der Waals surface area contributed by atoms with Crippen LogP contribution in [0.1, 0.15) is 22.8 Å². The molecule has 1 atom stereocenters. The number of nitrogens with zero attached hydrogens (tertiary/aromatic N) is 2. The number of benzene rings is 3. The average Bonchev–Trinajstić information content (AvgIpc) is 2.81. The summed E-state index contributed by atoms with van der Waals surface area (Å²) < 4.78 is 5.25. The molecule has 0 spiro atoms. The molecule has 3 aromatic rings. The van der Waals surface area contributed by atoms with E-state index in [2.05, 4.69) is 10.2 Å². The van der Waals surface area contributed by atoms with Crippen molar-refractivity contribution in [2.45, 2.75) is 19.5 Å². The van der Waals surface area contributed by atoms with Crippen molar-refractivity contribution < 1.29 is 19.4 Å². The molecule has 164 valence electrons. The number of hydrogen-bond donors (Lipinski definition) is 2. The van der Waals surface area contributed by atoms with E-state index in [0.29, 0.717) is 6.54 Å². The third kappa shape index (κ3) is 4.09. The van der Waals surface area contributed by atoms with E-state index in [9.17, 15) is 9.59 Å². The first-order valence-electron chi connectivity index (χ1n) is 10.3. The van der Waals surface area contributed by atoms with Crippen molar-refractivity contribution in [1.82, 2.24) is 0 Å². The standard InChI is InChI=1S/C25H25N3O4/c1-16-24(29)27(2)22-13-10-20(26-19-8-6-18(7-9-19)25(30)31)14-23(22)28(16)15-17-4-11-21(32-3)12-5-17/h4-14,16,26H,15H2,1-3H3,(H,30,31)/t16-/m1/s1. The van der Waals surface area contributed by atoms with Gasteiger partial charge in [0, 0.05) is 25.0 Å². The second-order valence-electron chi connectivity index (χ2n) is 7.76. The minimum Gasteiger partial charge on any atom is -0.497 e. The van der Waals surface area contributed by atoms with E-state index in [1.807, 2.05) is 49.4 Å². The number of hydrogen-bond acceptors (Lipinski definition) is 5. The Kier molecular flexibility index (Phi) is 5.73. The minimum atomic E-state index is -0.957. The Bertz CT molecular complexity index is 1140. The van der Waals surface area contributed by atoms with Crippen molar-refractivity contribution in [2.75, 3.05) is 29.3 Å². The Morgan fingerprint density at radius 2 is 1.66 bits per heavy atom. The molecular weight excluding hydrogens is 406 g/mol. The molecule has 0 fully saturated rings. The lowest BCUT2D eigenvalue weighted by atomic mass is 10.0. The predicted octanol–water partition coefficient (Wildman–Crippen LogP) is 4.51. The molecule has 1 heterocycles. The lowest BCUT2D eigenvalue weighted by molar-refractivity contribution is -0.119. The van der Waals surface area contributed by atoms with Gasteiger partial charge in [0.25, 0.3) is 0 Å². The third-order valence-electron chi connectivity index (χ3n) is 5.73. The Balaban J connectivity index is 1.65. The molecule has 0 radical (unpaired) electrons. The van der Waals surface area contributed by atoms with Crippen LogP contribution in [-0.2, 0) is 11.3 Å². The van der Waals surface area contributed by atoms with E-state index in [4.69, 9.17) is 9.84 Å². The molecule has 0 saturated carbocycles. The highest BCUT2D eigenvalue weighted by Crippen LogP contribution is 2.39. The van der Waals surface area contributed by atoms with Crippen molar-refractivity contribution in [3.63, 3.8) is 0 Å².